The van der Waals surface area contributed by atoms with Crippen molar-refractivity contribution in [1.29, 1.82) is 0 Å². The average molecular weight is 664 g/mol. The first-order valence-corrected chi connectivity index (χ1v) is 15.2. The van der Waals surface area contributed by atoms with Crippen molar-refractivity contribution in [3.05, 3.63) is 101 Å². The smallest absolute Gasteiger partial charge is 0.347 e. The number of phenolic OH excluding ortho intramolecular Hbond substituents is 1. The molecule has 238 valence electrons. The number of phenols is 1. The minimum Gasteiger partial charge on any atom is -0.507 e. The first-order chi connectivity index (χ1) is 22.0. The molecule has 0 spiro atoms. The molecular formula is C33H32Cl2N6O5. The Morgan fingerprint density at radius 1 is 0.978 bits per heavy atom. The number of hydrogen-bond donors (Lipinski definition) is 4. The lowest BCUT2D eigenvalue weighted by atomic mass is 9.99. The van der Waals surface area contributed by atoms with Crippen LogP contribution in [0.2, 0.25) is 10.0 Å². The van der Waals surface area contributed by atoms with Crippen molar-refractivity contribution in [3.63, 3.8) is 0 Å². The first-order valence-electron chi connectivity index (χ1n) is 14.4. The van der Waals surface area contributed by atoms with E-state index >= 15 is 0 Å². The van der Waals surface area contributed by atoms with Crippen LogP contribution < -0.4 is 15.6 Å². The number of hydroxylamine groups is 2. The molecule has 0 radical (unpaired) electrons. The molecule has 1 unspecified atom stereocenters. The maximum atomic E-state index is 13.9. The van der Waals surface area contributed by atoms with Gasteiger partial charge < -0.3 is 15.3 Å². The van der Waals surface area contributed by atoms with Crippen molar-refractivity contribution in [3.8, 4) is 5.75 Å². The molecule has 46 heavy (non-hydrogen) atoms. The Morgan fingerprint density at radius 2 is 1.63 bits per heavy atom. The maximum Gasteiger partial charge on any atom is 0.347 e. The van der Waals surface area contributed by atoms with Crippen molar-refractivity contribution >= 4 is 69.5 Å². The van der Waals surface area contributed by atoms with E-state index in [0.29, 0.717) is 32.0 Å². The number of urea groups is 2. The Hall–Kier alpha value is -4.84. The molecule has 4 N–H and O–H groups in total. The predicted octanol–water partition coefficient (Wildman–Crippen LogP) is 7.05. The fraction of sp³-hybridized carbons (Fsp3) is 0.212. The lowest BCUT2D eigenvalue weighted by molar-refractivity contribution is -0.121. The van der Waals surface area contributed by atoms with Crippen LogP contribution in [0.15, 0.2) is 90.0 Å². The maximum absolute atomic E-state index is 13.9. The van der Waals surface area contributed by atoms with Gasteiger partial charge in [0.05, 0.1) is 11.8 Å². The molecule has 11 nitrogen and oxygen atoms in total. The molecule has 4 aromatic carbocycles. The summed E-state index contributed by atoms with van der Waals surface area (Å²) in [5, 5.41) is 31.3. The van der Waals surface area contributed by atoms with Gasteiger partial charge in [0.25, 0.3) is 0 Å². The molecule has 1 aliphatic heterocycles. The van der Waals surface area contributed by atoms with E-state index in [1.165, 1.54) is 16.0 Å². The van der Waals surface area contributed by atoms with E-state index in [-0.39, 0.29) is 25.1 Å². The van der Waals surface area contributed by atoms with Gasteiger partial charge in [-0.3, -0.25) is 14.9 Å². The molecule has 1 atom stereocenters. The molecule has 13 heteroatoms. The number of aromatic hydroxyl groups is 1. The summed E-state index contributed by atoms with van der Waals surface area (Å²) >= 11 is 12.0. The molecule has 1 aliphatic rings. The largest absolute Gasteiger partial charge is 0.507 e. The molecule has 0 aromatic heterocycles. The van der Waals surface area contributed by atoms with Crippen LogP contribution in [0.1, 0.15) is 32.3 Å². The van der Waals surface area contributed by atoms with Crippen molar-refractivity contribution in [2.24, 2.45) is 5.10 Å². The van der Waals surface area contributed by atoms with Crippen LogP contribution in [0.4, 0.5) is 21.0 Å². The second-order valence-electron chi connectivity index (χ2n) is 11.2. The number of fused-ring (bicyclic) bond motifs is 1. The summed E-state index contributed by atoms with van der Waals surface area (Å²) in [6.45, 7) is 3.59. The van der Waals surface area contributed by atoms with Gasteiger partial charge in [0.1, 0.15) is 5.75 Å². The summed E-state index contributed by atoms with van der Waals surface area (Å²) in [6.07, 6.45) is 0.534. The molecule has 1 fully saturated rings. The number of carbonyl (C=O) groups excluding carboxylic acids is 3. The van der Waals surface area contributed by atoms with E-state index in [1.54, 1.807) is 74.5 Å². The molecule has 1 heterocycles. The number of hydrazone groups is 1. The molecule has 5 rings (SSSR count). The van der Waals surface area contributed by atoms with Crippen molar-refractivity contribution in [2.45, 2.75) is 38.4 Å². The highest BCUT2D eigenvalue weighted by atomic mass is 35.5. The number of hydrogen-bond acceptors (Lipinski definition) is 6. The Balaban J connectivity index is 1.28. The molecule has 0 bridgehead atoms. The lowest BCUT2D eigenvalue weighted by Gasteiger charge is -2.38. The highest BCUT2D eigenvalue weighted by Gasteiger charge is 2.55. The van der Waals surface area contributed by atoms with Crippen LogP contribution in [0.25, 0.3) is 10.8 Å². The quantitative estimate of drug-likeness (QED) is 0.0864. The van der Waals surface area contributed by atoms with Crippen molar-refractivity contribution in [2.75, 3.05) is 16.8 Å². The van der Waals surface area contributed by atoms with Gasteiger partial charge in [-0.15, -0.1) is 0 Å². The third-order valence-corrected chi connectivity index (χ3v) is 8.27. The van der Waals surface area contributed by atoms with Crippen molar-refractivity contribution in [1.82, 2.24) is 15.4 Å². The van der Waals surface area contributed by atoms with Gasteiger partial charge in [0, 0.05) is 39.9 Å². The number of nitrogens with one attached hydrogen (secondary N) is 2. The average Bonchev–Trinajstić information content (AvgIpc) is 3.23. The van der Waals surface area contributed by atoms with Crippen molar-refractivity contribution < 1.29 is 24.7 Å². The van der Waals surface area contributed by atoms with E-state index in [4.69, 9.17) is 23.2 Å². The van der Waals surface area contributed by atoms with Gasteiger partial charge in [-0.05, 0) is 85.6 Å². The van der Waals surface area contributed by atoms with Gasteiger partial charge in [-0.25, -0.2) is 15.0 Å². The fourth-order valence-corrected chi connectivity index (χ4v) is 5.70. The van der Waals surface area contributed by atoms with Crippen LogP contribution in [0.3, 0.4) is 0 Å². The second-order valence-corrected chi connectivity index (χ2v) is 12.1. The van der Waals surface area contributed by atoms with Crippen LogP contribution in [-0.2, 0) is 4.79 Å². The van der Waals surface area contributed by atoms with E-state index in [9.17, 15) is 24.7 Å². The summed E-state index contributed by atoms with van der Waals surface area (Å²) < 4.78 is 0. The zero-order valence-corrected chi connectivity index (χ0v) is 26.5. The summed E-state index contributed by atoms with van der Waals surface area (Å²) in [7, 11) is 0. The lowest BCUT2D eigenvalue weighted by Crippen LogP contribution is -2.58. The van der Waals surface area contributed by atoms with Gasteiger partial charge in [0.2, 0.25) is 5.91 Å². The number of rotatable bonds is 9. The summed E-state index contributed by atoms with van der Waals surface area (Å²) in [5.74, 6) is -0.358. The molecule has 4 aromatic rings. The Kier molecular flexibility index (Phi) is 9.66. The molecule has 0 aliphatic carbocycles. The first kappa shape index (κ1) is 32.6. The third-order valence-electron chi connectivity index (χ3n) is 7.77. The monoisotopic (exact) mass is 662 g/mol. The number of anilines is 2. The highest BCUT2D eigenvalue weighted by molar-refractivity contribution is 6.31. The third kappa shape index (κ3) is 6.86. The van der Waals surface area contributed by atoms with E-state index in [0.717, 1.165) is 10.8 Å². The summed E-state index contributed by atoms with van der Waals surface area (Å²) in [4.78, 5) is 42.5. The zero-order valence-electron chi connectivity index (χ0n) is 25.0. The fourth-order valence-electron chi connectivity index (χ4n) is 5.45. The Bertz CT molecular complexity index is 1780. The van der Waals surface area contributed by atoms with Crippen LogP contribution in [0, 0.1) is 0 Å². The van der Waals surface area contributed by atoms with Gasteiger partial charge in [0.15, 0.2) is 6.17 Å². The minimum atomic E-state index is -1.15. The normalized spacial score (nSPS) is 15.8. The number of amides is 5. The standard InChI is InChI=1S/C33H32Cl2N6O5/c1-33(2)30(41(46)31(44)37-24-14-10-22(34)11-15-24)40(25-16-12-23(35)13-17-25)32(45)39(33)19-5-8-29(43)38-36-20-27-26-7-4-3-6-21(26)9-18-28(27)42/h3-4,6-7,9-18,20,30,42,46H,5,8,19H2,1-2H3,(H,37,44)(H,38,43)/b36-20+. The number of halogens is 2. The summed E-state index contributed by atoms with van der Waals surface area (Å²) in [6, 6.07) is 22.3. The Morgan fingerprint density at radius 3 is 2.33 bits per heavy atom. The SMILES string of the molecule is CC1(C)C(N(O)C(=O)Nc2ccc(Cl)cc2)N(c2ccc(Cl)cc2)C(=O)N1CCCC(=O)N/N=C/c1c(O)ccc2ccccc12. The zero-order chi connectivity index (χ0) is 33.0. The number of carbonyl (C=O) groups is 3. The van der Waals surface area contributed by atoms with Gasteiger partial charge >= 0.3 is 12.1 Å². The number of benzene rings is 4. The van der Waals surface area contributed by atoms with Crippen LogP contribution in [0.5, 0.6) is 5.75 Å². The van der Waals surface area contributed by atoms with E-state index < -0.39 is 29.7 Å². The number of nitrogens with zero attached hydrogens (tertiary/aromatic N) is 4. The molecule has 1 saturated heterocycles. The molecular weight excluding hydrogens is 631 g/mol. The van der Waals surface area contributed by atoms with E-state index in [2.05, 4.69) is 15.8 Å². The second kappa shape index (κ2) is 13.7. The molecule has 0 saturated carbocycles. The predicted molar refractivity (Wildman–Crippen MR) is 179 cm³/mol. The van der Waals surface area contributed by atoms with Gasteiger partial charge in [-0.2, -0.15) is 10.2 Å². The van der Waals surface area contributed by atoms with Crippen LogP contribution >= 0.6 is 23.2 Å². The van der Waals surface area contributed by atoms with E-state index in [1.807, 2.05) is 24.3 Å². The van der Waals surface area contributed by atoms with Crippen LogP contribution in [-0.4, -0.2) is 62.7 Å². The summed E-state index contributed by atoms with van der Waals surface area (Å²) in [5.41, 5.74) is 2.65. The van der Waals surface area contributed by atoms with Gasteiger partial charge in [-0.1, -0.05) is 53.5 Å². The molecule has 5 amide bonds. The topological polar surface area (TPSA) is 138 Å². The Labute approximate surface area is 275 Å². The highest BCUT2D eigenvalue weighted by Crippen LogP contribution is 2.38. The minimum absolute atomic E-state index is 0.0320.